The molecule has 0 unspecified atom stereocenters. The molecule has 2 aromatic rings. The van der Waals surface area contributed by atoms with E-state index in [-0.39, 0.29) is 6.03 Å². The van der Waals surface area contributed by atoms with Gasteiger partial charge in [0.25, 0.3) is 0 Å². The quantitative estimate of drug-likeness (QED) is 0.681. The zero-order chi connectivity index (χ0) is 17.9. The smallest absolute Gasteiger partial charge is 0.319 e. The number of anilines is 1. The van der Waals surface area contributed by atoms with Gasteiger partial charge in [-0.05, 0) is 50.2 Å². The van der Waals surface area contributed by atoms with Crippen LogP contribution < -0.4 is 24.8 Å². The van der Waals surface area contributed by atoms with Crippen LogP contribution in [-0.2, 0) is 0 Å². The first kappa shape index (κ1) is 18.4. The first-order chi connectivity index (χ1) is 12.2. The van der Waals surface area contributed by atoms with E-state index in [0.717, 1.165) is 11.5 Å². The van der Waals surface area contributed by atoms with E-state index in [1.807, 2.05) is 50.2 Å². The molecule has 2 amide bonds. The minimum Gasteiger partial charge on any atom is -0.494 e. The van der Waals surface area contributed by atoms with Gasteiger partial charge >= 0.3 is 6.03 Å². The Morgan fingerprint density at radius 3 is 2.20 bits per heavy atom. The molecule has 0 saturated heterocycles. The van der Waals surface area contributed by atoms with Crippen molar-refractivity contribution in [3.63, 3.8) is 0 Å². The summed E-state index contributed by atoms with van der Waals surface area (Å²) in [6.45, 7) is 5.83. The molecule has 0 aromatic heterocycles. The lowest BCUT2D eigenvalue weighted by molar-refractivity contribution is 0.247. The van der Waals surface area contributed by atoms with E-state index in [9.17, 15) is 4.79 Å². The molecular formula is C19H24N2O4. The lowest BCUT2D eigenvalue weighted by Crippen LogP contribution is -2.32. The van der Waals surface area contributed by atoms with E-state index in [1.54, 1.807) is 12.1 Å². The van der Waals surface area contributed by atoms with Crippen LogP contribution in [0.1, 0.15) is 13.8 Å². The molecule has 0 aliphatic heterocycles. The first-order valence-electron chi connectivity index (χ1n) is 8.34. The number of rotatable bonds is 9. The second-order valence-electron chi connectivity index (χ2n) is 5.09. The lowest BCUT2D eigenvalue weighted by atomic mass is 10.3. The van der Waals surface area contributed by atoms with Gasteiger partial charge in [0, 0.05) is 11.8 Å². The van der Waals surface area contributed by atoms with Crippen LogP contribution in [0.5, 0.6) is 17.2 Å². The predicted octanol–water partition coefficient (Wildman–Crippen LogP) is 3.68. The summed E-state index contributed by atoms with van der Waals surface area (Å²) < 4.78 is 16.4. The Hall–Kier alpha value is -2.89. The minimum atomic E-state index is -0.282. The highest BCUT2D eigenvalue weighted by Crippen LogP contribution is 2.19. The molecule has 2 rings (SSSR count). The lowest BCUT2D eigenvalue weighted by Gasteiger charge is -2.10. The maximum Gasteiger partial charge on any atom is 0.319 e. The molecule has 0 fully saturated rings. The molecule has 6 heteroatoms. The number of carbonyl (C=O) groups excluding carboxylic acids is 1. The molecule has 6 nitrogen and oxygen atoms in total. The van der Waals surface area contributed by atoms with E-state index < -0.39 is 0 Å². The van der Waals surface area contributed by atoms with Crippen LogP contribution in [-0.4, -0.2) is 32.4 Å². The highest BCUT2D eigenvalue weighted by atomic mass is 16.5. The Morgan fingerprint density at radius 2 is 1.52 bits per heavy atom. The standard InChI is InChI=1S/C19H24N2O4/c1-3-23-16-10-8-15(9-11-16)21-19(22)20-12-13-25-18-7-5-6-17(14-18)24-4-2/h5-11,14H,3-4,12-13H2,1-2H3,(H2,20,21,22). The molecule has 0 bridgehead atoms. The summed E-state index contributed by atoms with van der Waals surface area (Å²) in [5, 5.41) is 5.50. The van der Waals surface area contributed by atoms with Crippen molar-refractivity contribution >= 4 is 11.7 Å². The average Bonchev–Trinajstić information content (AvgIpc) is 2.61. The molecule has 0 heterocycles. The second-order valence-corrected chi connectivity index (χ2v) is 5.09. The van der Waals surface area contributed by atoms with Crippen molar-refractivity contribution in [2.75, 3.05) is 31.7 Å². The summed E-state index contributed by atoms with van der Waals surface area (Å²) in [5.41, 5.74) is 0.700. The predicted molar refractivity (Wildman–Crippen MR) is 97.7 cm³/mol. The first-order valence-corrected chi connectivity index (χ1v) is 8.34. The Balaban J connectivity index is 1.69. The van der Waals surface area contributed by atoms with Crippen LogP contribution in [0.15, 0.2) is 48.5 Å². The van der Waals surface area contributed by atoms with Crippen molar-refractivity contribution in [3.8, 4) is 17.2 Å². The molecule has 0 radical (unpaired) electrons. The van der Waals surface area contributed by atoms with E-state index in [1.165, 1.54) is 0 Å². The normalized spacial score (nSPS) is 10.0. The number of hydrogen-bond acceptors (Lipinski definition) is 4. The summed E-state index contributed by atoms with van der Waals surface area (Å²) in [7, 11) is 0. The van der Waals surface area contributed by atoms with Crippen LogP contribution in [0.25, 0.3) is 0 Å². The van der Waals surface area contributed by atoms with Crippen molar-refractivity contribution in [1.29, 1.82) is 0 Å². The van der Waals surface area contributed by atoms with Gasteiger partial charge in [-0.2, -0.15) is 0 Å². The maximum atomic E-state index is 11.8. The van der Waals surface area contributed by atoms with Gasteiger partial charge in [-0.15, -0.1) is 0 Å². The third-order valence-corrected chi connectivity index (χ3v) is 3.20. The van der Waals surface area contributed by atoms with Crippen LogP contribution >= 0.6 is 0 Å². The van der Waals surface area contributed by atoms with E-state index >= 15 is 0 Å². The molecule has 0 saturated carbocycles. The fraction of sp³-hybridized carbons (Fsp3) is 0.316. The number of nitrogens with one attached hydrogen (secondary N) is 2. The van der Waals surface area contributed by atoms with Crippen LogP contribution in [0, 0.1) is 0 Å². The molecule has 134 valence electrons. The Labute approximate surface area is 148 Å². The molecule has 2 N–H and O–H groups in total. The molecule has 0 aliphatic carbocycles. The Kier molecular flexibility index (Phi) is 7.43. The molecule has 25 heavy (non-hydrogen) atoms. The number of ether oxygens (including phenoxy) is 3. The van der Waals surface area contributed by atoms with Crippen molar-refractivity contribution in [1.82, 2.24) is 5.32 Å². The summed E-state index contributed by atoms with van der Waals surface area (Å²) in [5.74, 6) is 2.25. The second kappa shape index (κ2) is 10.1. The van der Waals surface area contributed by atoms with Gasteiger partial charge in [0.2, 0.25) is 0 Å². The highest BCUT2D eigenvalue weighted by molar-refractivity contribution is 5.89. The van der Waals surface area contributed by atoms with Gasteiger partial charge in [-0.25, -0.2) is 4.79 Å². The monoisotopic (exact) mass is 344 g/mol. The molecule has 0 aliphatic rings. The van der Waals surface area contributed by atoms with Crippen molar-refractivity contribution in [3.05, 3.63) is 48.5 Å². The van der Waals surface area contributed by atoms with Gasteiger partial charge < -0.3 is 24.8 Å². The van der Waals surface area contributed by atoms with Crippen molar-refractivity contribution in [2.24, 2.45) is 0 Å². The van der Waals surface area contributed by atoms with Gasteiger partial charge in [0.05, 0.1) is 19.8 Å². The van der Waals surface area contributed by atoms with Gasteiger partial charge in [-0.3, -0.25) is 0 Å². The van der Waals surface area contributed by atoms with Crippen LogP contribution in [0.2, 0.25) is 0 Å². The Bertz CT molecular complexity index is 659. The Morgan fingerprint density at radius 1 is 0.880 bits per heavy atom. The summed E-state index contributed by atoms with van der Waals surface area (Å²) in [6, 6.07) is 14.3. The SMILES string of the molecule is CCOc1ccc(NC(=O)NCCOc2cccc(OCC)c2)cc1. The van der Waals surface area contributed by atoms with Crippen molar-refractivity contribution in [2.45, 2.75) is 13.8 Å². The van der Waals surface area contributed by atoms with E-state index in [0.29, 0.717) is 37.8 Å². The molecule has 0 spiro atoms. The number of benzene rings is 2. The average molecular weight is 344 g/mol. The highest BCUT2D eigenvalue weighted by Gasteiger charge is 2.02. The third-order valence-electron chi connectivity index (χ3n) is 3.20. The zero-order valence-electron chi connectivity index (χ0n) is 14.6. The number of hydrogen-bond donors (Lipinski definition) is 2. The van der Waals surface area contributed by atoms with Gasteiger partial charge in [0.1, 0.15) is 23.9 Å². The number of amides is 2. The molecular weight excluding hydrogens is 320 g/mol. The topological polar surface area (TPSA) is 68.8 Å². The summed E-state index contributed by atoms with van der Waals surface area (Å²) in [4.78, 5) is 11.8. The van der Waals surface area contributed by atoms with Crippen LogP contribution in [0.3, 0.4) is 0 Å². The molecule has 2 aromatic carbocycles. The van der Waals surface area contributed by atoms with Gasteiger partial charge in [-0.1, -0.05) is 6.07 Å². The van der Waals surface area contributed by atoms with E-state index in [4.69, 9.17) is 14.2 Å². The van der Waals surface area contributed by atoms with E-state index in [2.05, 4.69) is 10.6 Å². The zero-order valence-corrected chi connectivity index (χ0v) is 14.6. The summed E-state index contributed by atoms with van der Waals surface area (Å²) in [6.07, 6.45) is 0. The number of carbonyl (C=O) groups is 1. The maximum absolute atomic E-state index is 11.8. The summed E-state index contributed by atoms with van der Waals surface area (Å²) >= 11 is 0. The van der Waals surface area contributed by atoms with Crippen LogP contribution in [0.4, 0.5) is 10.5 Å². The number of urea groups is 1. The molecule has 0 atom stereocenters. The van der Waals surface area contributed by atoms with Crippen molar-refractivity contribution < 1.29 is 19.0 Å². The third kappa shape index (κ3) is 6.63. The fourth-order valence-electron chi connectivity index (χ4n) is 2.13. The largest absolute Gasteiger partial charge is 0.494 e. The minimum absolute atomic E-state index is 0.282. The fourth-order valence-corrected chi connectivity index (χ4v) is 2.13. The van der Waals surface area contributed by atoms with Gasteiger partial charge in [0.15, 0.2) is 0 Å².